The molecule has 2 heterocycles. The molecule has 0 radical (unpaired) electrons. The van der Waals surface area contributed by atoms with E-state index in [1.807, 2.05) is 0 Å². The molecule has 0 amide bonds. The van der Waals surface area contributed by atoms with Crippen LogP contribution in [-0.4, -0.2) is 19.7 Å². The minimum Gasteiger partial charge on any atom is -0.235 e. The lowest BCUT2D eigenvalue weighted by molar-refractivity contribution is 0.600. The first kappa shape index (κ1) is 6.90. The van der Waals surface area contributed by atoms with Crippen molar-refractivity contribution in [2.45, 2.75) is 0 Å². The maximum absolute atomic E-state index is 13.0. The van der Waals surface area contributed by atoms with E-state index in [-0.39, 0.29) is 5.82 Å². The zero-order valence-electron chi connectivity index (χ0n) is 6.05. The number of nitrogens with zero attached hydrogens (tertiary/aromatic N) is 4. The van der Waals surface area contributed by atoms with Crippen LogP contribution in [0.5, 0.6) is 0 Å². The Kier molecular flexibility index (Phi) is 1.55. The third kappa shape index (κ3) is 1.05. The van der Waals surface area contributed by atoms with Gasteiger partial charge in [-0.15, -0.1) is 0 Å². The van der Waals surface area contributed by atoms with E-state index in [0.717, 1.165) is 0 Å². The molecule has 0 unspecified atom stereocenters. The summed E-state index contributed by atoms with van der Waals surface area (Å²) in [6.45, 7) is 0. The number of pyridine rings is 1. The van der Waals surface area contributed by atoms with Crippen molar-refractivity contribution in [3.63, 3.8) is 0 Å². The second kappa shape index (κ2) is 2.69. The molecule has 0 atom stereocenters. The average Bonchev–Trinajstić information content (AvgIpc) is 2.57. The number of hydrogen-bond donors (Lipinski definition) is 0. The number of hydrogen-bond acceptors (Lipinski definition) is 3. The number of aromatic nitrogens is 4. The fourth-order valence-corrected chi connectivity index (χ4v) is 0.864. The van der Waals surface area contributed by atoms with E-state index in [9.17, 15) is 4.39 Å². The lowest BCUT2D eigenvalue weighted by Crippen LogP contribution is -2.00. The van der Waals surface area contributed by atoms with Crippen LogP contribution >= 0.6 is 0 Å². The van der Waals surface area contributed by atoms with Gasteiger partial charge in [0.25, 0.3) is 0 Å². The average molecular weight is 164 g/mol. The second-order valence-electron chi connectivity index (χ2n) is 2.15. The fraction of sp³-hybridized carbons (Fsp3) is 0. The highest BCUT2D eigenvalue weighted by atomic mass is 19.1. The highest BCUT2D eigenvalue weighted by Gasteiger charge is 2.03. The Morgan fingerprint density at radius 1 is 1.42 bits per heavy atom. The Morgan fingerprint density at radius 3 is 3.00 bits per heavy atom. The van der Waals surface area contributed by atoms with Crippen molar-refractivity contribution in [3.05, 3.63) is 36.8 Å². The SMILES string of the molecule is Fc1cccnc1-n1cncn1. The third-order valence-electron chi connectivity index (χ3n) is 1.37. The molecule has 5 heteroatoms. The Labute approximate surface area is 67.7 Å². The Hall–Kier alpha value is -1.78. The molecule has 0 aliphatic carbocycles. The van der Waals surface area contributed by atoms with Crippen LogP contribution in [0.1, 0.15) is 0 Å². The molecular weight excluding hydrogens is 159 g/mol. The second-order valence-corrected chi connectivity index (χ2v) is 2.15. The van der Waals surface area contributed by atoms with E-state index in [4.69, 9.17) is 0 Å². The fourth-order valence-electron chi connectivity index (χ4n) is 0.864. The summed E-state index contributed by atoms with van der Waals surface area (Å²) in [6, 6.07) is 2.85. The molecule has 0 N–H and O–H groups in total. The van der Waals surface area contributed by atoms with Gasteiger partial charge in [-0.05, 0) is 12.1 Å². The summed E-state index contributed by atoms with van der Waals surface area (Å²) in [6.07, 6.45) is 4.22. The summed E-state index contributed by atoms with van der Waals surface area (Å²) in [7, 11) is 0. The van der Waals surface area contributed by atoms with E-state index in [1.165, 1.54) is 35.7 Å². The molecule has 0 saturated heterocycles. The summed E-state index contributed by atoms with van der Waals surface area (Å²) in [5.41, 5.74) is 0. The summed E-state index contributed by atoms with van der Waals surface area (Å²) in [4.78, 5) is 7.49. The van der Waals surface area contributed by atoms with Gasteiger partial charge in [0.05, 0.1) is 0 Å². The maximum atomic E-state index is 13.0. The highest BCUT2D eigenvalue weighted by Crippen LogP contribution is 2.05. The topological polar surface area (TPSA) is 43.6 Å². The van der Waals surface area contributed by atoms with Gasteiger partial charge in [-0.25, -0.2) is 14.4 Å². The van der Waals surface area contributed by atoms with Crippen molar-refractivity contribution in [2.75, 3.05) is 0 Å². The molecule has 4 nitrogen and oxygen atoms in total. The van der Waals surface area contributed by atoms with Gasteiger partial charge in [0.2, 0.25) is 0 Å². The summed E-state index contributed by atoms with van der Waals surface area (Å²) < 4.78 is 14.3. The molecule has 0 fully saturated rings. The van der Waals surface area contributed by atoms with Gasteiger partial charge in [-0.1, -0.05) is 0 Å². The van der Waals surface area contributed by atoms with Crippen LogP contribution in [0.2, 0.25) is 0 Å². The lowest BCUT2D eigenvalue weighted by Gasteiger charge is -1.98. The third-order valence-corrected chi connectivity index (χ3v) is 1.37. The van der Waals surface area contributed by atoms with Gasteiger partial charge in [0.15, 0.2) is 11.6 Å². The van der Waals surface area contributed by atoms with Gasteiger partial charge in [-0.3, -0.25) is 0 Å². The molecule has 0 aliphatic heterocycles. The van der Waals surface area contributed by atoms with Crippen LogP contribution in [-0.2, 0) is 0 Å². The minimum atomic E-state index is -0.414. The van der Waals surface area contributed by atoms with Crippen LogP contribution in [0.3, 0.4) is 0 Å². The normalized spacial score (nSPS) is 10.1. The van der Waals surface area contributed by atoms with Gasteiger partial charge < -0.3 is 0 Å². The first-order chi connectivity index (χ1) is 5.88. The van der Waals surface area contributed by atoms with Gasteiger partial charge >= 0.3 is 0 Å². The van der Waals surface area contributed by atoms with Gasteiger partial charge in [0, 0.05) is 6.20 Å². The molecule has 0 spiro atoms. The van der Waals surface area contributed by atoms with Crippen molar-refractivity contribution in [1.29, 1.82) is 0 Å². The van der Waals surface area contributed by atoms with Gasteiger partial charge in [-0.2, -0.15) is 9.78 Å². The molecule has 0 bridgehead atoms. The van der Waals surface area contributed by atoms with Crippen LogP contribution < -0.4 is 0 Å². The quantitative estimate of drug-likeness (QED) is 0.626. The smallest absolute Gasteiger partial charge is 0.191 e. The van der Waals surface area contributed by atoms with E-state index in [0.29, 0.717) is 0 Å². The first-order valence-corrected chi connectivity index (χ1v) is 3.33. The zero-order chi connectivity index (χ0) is 8.39. The van der Waals surface area contributed by atoms with Crippen molar-refractivity contribution in [3.8, 4) is 5.82 Å². The molecule has 0 aliphatic rings. The zero-order valence-corrected chi connectivity index (χ0v) is 6.05. The Morgan fingerprint density at radius 2 is 2.33 bits per heavy atom. The predicted molar refractivity (Wildman–Crippen MR) is 39.1 cm³/mol. The van der Waals surface area contributed by atoms with Crippen molar-refractivity contribution < 1.29 is 4.39 Å². The Balaban J connectivity index is 2.55. The molecule has 60 valence electrons. The van der Waals surface area contributed by atoms with Crippen molar-refractivity contribution >= 4 is 0 Å². The standard InChI is InChI=1S/C7H5FN4/c8-6-2-1-3-10-7(6)12-5-9-4-11-12/h1-5H. The van der Waals surface area contributed by atoms with Gasteiger partial charge in [0.1, 0.15) is 12.7 Å². The molecule has 0 aromatic carbocycles. The van der Waals surface area contributed by atoms with Crippen molar-refractivity contribution in [2.24, 2.45) is 0 Å². The lowest BCUT2D eigenvalue weighted by atomic mass is 10.4. The van der Waals surface area contributed by atoms with Crippen LogP contribution in [0, 0.1) is 5.82 Å². The minimum absolute atomic E-state index is 0.162. The molecule has 12 heavy (non-hydrogen) atoms. The monoisotopic (exact) mass is 164 g/mol. The van der Waals surface area contributed by atoms with Crippen LogP contribution in [0.25, 0.3) is 5.82 Å². The highest BCUT2D eigenvalue weighted by molar-refractivity contribution is 5.21. The van der Waals surface area contributed by atoms with E-state index in [2.05, 4.69) is 15.1 Å². The summed E-state index contributed by atoms with van der Waals surface area (Å²) in [5, 5.41) is 3.75. The largest absolute Gasteiger partial charge is 0.235 e. The van der Waals surface area contributed by atoms with E-state index in [1.54, 1.807) is 0 Å². The number of halogens is 1. The molecule has 2 aromatic rings. The van der Waals surface area contributed by atoms with E-state index >= 15 is 0 Å². The molecular formula is C7H5FN4. The number of rotatable bonds is 1. The predicted octanol–water partition coefficient (Wildman–Crippen LogP) is 0.801. The van der Waals surface area contributed by atoms with Crippen LogP contribution in [0.15, 0.2) is 31.0 Å². The molecule has 0 saturated carbocycles. The first-order valence-electron chi connectivity index (χ1n) is 3.33. The molecule has 2 aromatic heterocycles. The molecule has 2 rings (SSSR count). The van der Waals surface area contributed by atoms with Crippen LogP contribution in [0.4, 0.5) is 4.39 Å². The van der Waals surface area contributed by atoms with Crippen molar-refractivity contribution in [1.82, 2.24) is 19.7 Å². The van der Waals surface area contributed by atoms with E-state index < -0.39 is 5.82 Å². The summed E-state index contributed by atoms with van der Waals surface area (Å²) >= 11 is 0. The summed E-state index contributed by atoms with van der Waals surface area (Å²) in [5.74, 6) is -0.252. The Bertz CT molecular complexity index is 371. The maximum Gasteiger partial charge on any atom is 0.191 e.